The molecule has 1 aliphatic heterocycles. The summed E-state index contributed by atoms with van der Waals surface area (Å²) < 4.78 is 0. The molecule has 0 radical (unpaired) electrons. The molecule has 48 valence electrons. The van der Waals surface area contributed by atoms with Crippen LogP contribution in [0.4, 0.5) is 5.13 Å². The molecule has 0 saturated carbocycles. The highest BCUT2D eigenvalue weighted by atomic mass is 32.1. The van der Waals surface area contributed by atoms with Gasteiger partial charge in [-0.25, -0.2) is 4.98 Å². The number of hydrogen-bond acceptors (Lipinski definition) is 4. The van der Waals surface area contributed by atoms with Crippen molar-refractivity contribution in [2.45, 2.75) is 13.1 Å². The van der Waals surface area contributed by atoms with Crippen molar-refractivity contribution >= 4 is 16.5 Å². The van der Waals surface area contributed by atoms with E-state index in [4.69, 9.17) is 5.73 Å². The molecule has 0 atom stereocenters. The third-order valence-corrected chi connectivity index (χ3v) is 2.30. The van der Waals surface area contributed by atoms with Gasteiger partial charge in [0.1, 0.15) is 0 Å². The monoisotopic (exact) mass is 141 g/mol. The lowest BCUT2D eigenvalue weighted by atomic mass is 10.4. The Balaban J connectivity index is 2.51. The van der Waals surface area contributed by atoms with Crippen molar-refractivity contribution in [3.63, 3.8) is 0 Å². The fraction of sp³-hybridized carbons (Fsp3) is 0.400. The summed E-state index contributed by atoms with van der Waals surface area (Å²) in [5, 5.41) is 3.88. The predicted molar refractivity (Wildman–Crippen MR) is 37.1 cm³/mol. The second-order valence-corrected chi connectivity index (χ2v) is 3.14. The van der Waals surface area contributed by atoms with Crippen LogP contribution in [0.25, 0.3) is 0 Å². The van der Waals surface area contributed by atoms with Gasteiger partial charge in [0.05, 0.1) is 5.69 Å². The highest BCUT2D eigenvalue weighted by Crippen LogP contribution is 2.23. The average molecular weight is 141 g/mol. The maximum Gasteiger partial charge on any atom is 0.180 e. The first-order valence-electron chi connectivity index (χ1n) is 2.81. The van der Waals surface area contributed by atoms with E-state index in [9.17, 15) is 0 Å². The van der Waals surface area contributed by atoms with Crippen LogP contribution >= 0.6 is 11.3 Å². The third kappa shape index (κ3) is 0.710. The van der Waals surface area contributed by atoms with Gasteiger partial charge in [0.15, 0.2) is 5.13 Å². The van der Waals surface area contributed by atoms with Crippen LogP contribution < -0.4 is 11.1 Å². The molecule has 0 aromatic carbocycles. The molecule has 0 aliphatic carbocycles. The maximum absolute atomic E-state index is 5.47. The summed E-state index contributed by atoms with van der Waals surface area (Å²) in [4.78, 5) is 5.42. The number of aromatic nitrogens is 1. The second-order valence-electron chi connectivity index (χ2n) is 2.03. The molecular formula is C5H7N3S. The Morgan fingerprint density at radius 1 is 1.56 bits per heavy atom. The first-order valence-corrected chi connectivity index (χ1v) is 3.62. The van der Waals surface area contributed by atoms with Gasteiger partial charge in [-0.05, 0) is 0 Å². The zero-order valence-corrected chi connectivity index (χ0v) is 5.66. The number of nitrogen functional groups attached to an aromatic ring is 1. The Morgan fingerprint density at radius 3 is 3.22 bits per heavy atom. The van der Waals surface area contributed by atoms with Crippen molar-refractivity contribution < 1.29 is 0 Å². The minimum absolute atomic E-state index is 0.696. The molecular weight excluding hydrogens is 134 g/mol. The number of hydrogen-bond donors (Lipinski definition) is 2. The normalized spacial score (nSPS) is 16.0. The van der Waals surface area contributed by atoms with Gasteiger partial charge in [-0.1, -0.05) is 0 Å². The van der Waals surface area contributed by atoms with E-state index in [0.717, 1.165) is 18.8 Å². The molecule has 1 aliphatic rings. The van der Waals surface area contributed by atoms with E-state index in [1.54, 1.807) is 11.3 Å². The number of rotatable bonds is 0. The zero-order valence-electron chi connectivity index (χ0n) is 4.85. The molecule has 0 fully saturated rings. The molecule has 2 rings (SSSR count). The van der Waals surface area contributed by atoms with Gasteiger partial charge in [0.2, 0.25) is 0 Å². The molecule has 4 heteroatoms. The first kappa shape index (κ1) is 5.20. The molecule has 0 unspecified atom stereocenters. The van der Waals surface area contributed by atoms with Crippen LogP contribution in [0.3, 0.4) is 0 Å². The quantitative estimate of drug-likeness (QED) is 0.547. The summed E-state index contributed by atoms with van der Waals surface area (Å²) in [7, 11) is 0. The predicted octanol–water partition coefficient (Wildman–Crippen LogP) is 0.329. The zero-order chi connectivity index (χ0) is 6.27. The summed E-state index contributed by atoms with van der Waals surface area (Å²) in [6, 6.07) is 0. The van der Waals surface area contributed by atoms with Crippen LogP contribution in [0.5, 0.6) is 0 Å². The van der Waals surface area contributed by atoms with Crippen molar-refractivity contribution in [3.8, 4) is 0 Å². The van der Waals surface area contributed by atoms with Gasteiger partial charge in [-0.3, -0.25) is 0 Å². The van der Waals surface area contributed by atoms with Crippen molar-refractivity contribution in [2.75, 3.05) is 5.73 Å². The minimum atomic E-state index is 0.696. The SMILES string of the molecule is Nc1nc2c(s1)CNC2. The fourth-order valence-electron chi connectivity index (χ4n) is 0.974. The van der Waals surface area contributed by atoms with Gasteiger partial charge in [-0.15, -0.1) is 11.3 Å². The van der Waals surface area contributed by atoms with Gasteiger partial charge in [0, 0.05) is 18.0 Å². The van der Waals surface area contributed by atoms with Gasteiger partial charge >= 0.3 is 0 Å². The van der Waals surface area contributed by atoms with Gasteiger partial charge in [-0.2, -0.15) is 0 Å². The molecule has 1 aromatic rings. The van der Waals surface area contributed by atoms with Gasteiger partial charge < -0.3 is 11.1 Å². The van der Waals surface area contributed by atoms with Crippen molar-refractivity contribution in [1.82, 2.24) is 10.3 Å². The molecule has 2 heterocycles. The van der Waals surface area contributed by atoms with Crippen molar-refractivity contribution in [1.29, 1.82) is 0 Å². The Hall–Kier alpha value is -0.610. The van der Waals surface area contributed by atoms with E-state index in [1.165, 1.54) is 4.88 Å². The highest BCUT2D eigenvalue weighted by Gasteiger charge is 2.13. The van der Waals surface area contributed by atoms with E-state index in [-0.39, 0.29) is 0 Å². The number of anilines is 1. The topological polar surface area (TPSA) is 50.9 Å². The van der Waals surface area contributed by atoms with Gasteiger partial charge in [0.25, 0.3) is 0 Å². The largest absolute Gasteiger partial charge is 0.375 e. The van der Waals surface area contributed by atoms with E-state index in [0.29, 0.717) is 5.13 Å². The second kappa shape index (κ2) is 1.68. The maximum atomic E-state index is 5.47. The number of thiazole rings is 1. The Kier molecular flexibility index (Phi) is 0.972. The smallest absolute Gasteiger partial charge is 0.180 e. The molecule has 0 spiro atoms. The first-order chi connectivity index (χ1) is 4.36. The van der Waals surface area contributed by atoms with Crippen LogP contribution in [-0.4, -0.2) is 4.98 Å². The van der Waals surface area contributed by atoms with Crippen molar-refractivity contribution in [2.24, 2.45) is 0 Å². The standard InChI is InChI=1S/C5H7N3S/c6-5-8-3-1-7-2-4(3)9-5/h7H,1-2H2,(H2,6,8). The lowest BCUT2D eigenvalue weighted by Crippen LogP contribution is -2.01. The number of nitrogens with two attached hydrogens (primary N) is 1. The lowest BCUT2D eigenvalue weighted by Gasteiger charge is -1.84. The average Bonchev–Trinajstić information content (AvgIpc) is 2.22. The van der Waals surface area contributed by atoms with Crippen LogP contribution in [0.2, 0.25) is 0 Å². The Bertz CT molecular complexity index is 209. The van der Waals surface area contributed by atoms with E-state index >= 15 is 0 Å². The summed E-state index contributed by atoms with van der Waals surface area (Å²) in [5.74, 6) is 0. The fourth-order valence-corrected chi connectivity index (χ4v) is 1.79. The summed E-state index contributed by atoms with van der Waals surface area (Å²) in [6.07, 6.45) is 0. The number of nitrogens with zero attached hydrogens (tertiary/aromatic N) is 1. The van der Waals surface area contributed by atoms with E-state index in [1.807, 2.05) is 0 Å². The summed E-state index contributed by atoms with van der Waals surface area (Å²) in [6.45, 7) is 1.84. The van der Waals surface area contributed by atoms with Crippen LogP contribution in [0.1, 0.15) is 10.6 Å². The van der Waals surface area contributed by atoms with E-state index < -0.39 is 0 Å². The molecule has 3 N–H and O–H groups in total. The highest BCUT2D eigenvalue weighted by molar-refractivity contribution is 7.15. The van der Waals surface area contributed by atoms with Crippen LogP contribution in [0.15, 0.2) is 0 Å². The summed E-state index contributed by atoms with van der Waals surface area (Å²) in [5.41, 5.74) is 6.61. The lowest BCUT2D eigenvalue weighted by molar-refractivity contribution is 0.759. The molecule has 3 nitrogen and oxygen atoms in total. The molecule has 1 aromatic heterocycles. The summed E-state index contributed by atoms with van der Waals surface area (Å²) >= 11 is 1.58. The van der Waals surface area contributed by atoms with E-state index in [2.05, 4.69) is 10.3 Å². The Labute approximate surface area is 56.9 Å². The minimum Gasteiger partial charge on any atom is -0.375 e. The molecule has 9 heavy (non-hydrogen) atoms. The number of nitrogens with one attached hydrogen (secondary N) is 1. The molecule has 0 bridgehead atoms. The van der Waals surface area contributed by atoms with Crippen LogP contribution in [-0.2, 0) is 13.1 Å². The Morgan fingerprint density at radius 2 is 2.44 bits per heavy atom. The number of fused-ring (bicyclic) bond motifs is 1. The van der Waals surface area contributed by atoms with Crippen molar-refractivity contribution in [3.05, 3.63) is 10.6 Å². The van der Waals surface area contributed by atoms with Crippen LogP contribution in [0, 0.1) is 0 Å². The molecule has 0 amide bonds. The third-order valence-electron chi connectivity index (χ3n) is 1.37. The molecule has 0 saturated heterocycles.